The molecule has 4 nitrogen and oxygen atoms in total. The second-order valence-electron chi connectivity index (χ2n) is 5.49. The summed E-state index contributed by atoms with van der Waals surface area (Å²) in [5, 5.41) is 9.29. The molecule has 2 rings (SSSR count). The zero-order valence-electron chi connectivity index (χ0n) is 13.3. The lowest BCUT2D eigenvalue weighted by molar-refractivity contribution is 0.472. The summed E-state index contributed by atoms with van der Waals surface area (Å²) >= 11 is 5.43. The predicted octanol–water partition coefficient (Wildman–Crippen LogP) is 4.39. The number of nitrogens with one attached hydrogen (secondary N) is 1. The molecule has 0 aromatic carbocycles. The SMILES string of the molecule is CCCNC(c1sc(C)nc1C)c1c(Br)cnn1C(C)C. The zero-order valence-corrected chi connectivity index (χ0v) is 15.7. The van der Waals surface area contributed by atoms with Gasteiger partial charge >= 0.3 is 0 Å². The highest BCUT2D eigenvalue weighted by molar-refractivity contribution is 9.10. The fourth-order valence-electron chi connectivity index (χ4n) is 2.45. The fourth-order valence-corrected chi connectivity index (χ4v) is 3.96. The Balaban J connectivity index is 2.50. The van der Waals surface area contributed by atoms with Crippen molar-refractivity contribution in [2.45, 2.75) is 53.1 Å². The van der Waals surface area contributed by atoms with Crippen LogP contribution in [0.3, 0.4) is 0 Å². The molecule has 0 spiro atoms. The van der Waals surface area contributed by atoms with Crippen molar-refractivity contribution in [1.82, 2.24) is 20.1 Å². The minimum Gasteiger partial charge on any atom is -0.304 e. The van der Waals surface area contributed by atoms with Gasteiger partial charge in [0.15, 0.2) is 0 Å². The number of hydrogen-bond donors (Lipinski definition) is 1. The molecule has 1 N–H and O–H groups in total. The first-order valence-electron chi connectivity index (χ1n) is 7.35. The summed E-state index contributed by atoms with van der Waals surface area (Å²) in [6.45, 7) is 11.6. The van der Waals surface area contributed by atoms with Gasteiger partial charge in [-0.2, -0.15) is 5.10 Å². The van der Waals surface area contributed by atoms with Crippen LogP contribution in [0.1, 0.15) is 60.5 Å². The van der Waals surface area contributed by atoms with E-state index in [2.05, 4.69) is 70.6 Å². The van der Waals surface area contributed by atoms with Crippen molar-refractivity contribution in [3.05, 3.63) is 31.9 Å². The number of aromatic nitrogens is 3. The molecule has 6 heteroatoms. The van der Waals surface area contributed by atoms with E-state index in [0.717, 1.165) is 28.1 Å². The van der Waals surface area contributed by atoms with Crippen molar-refractivity contribution in [3.8, 4) is 0 Å². The number of hydrogen-bond acceptors (Lipinski definition) is 4. The zero-order chi connectivity index (χ0) is 15.6. The molecule has 1 atom stereocenters. The molecule has 0 radical (unpaired) electrons. The van der Waals surface area contributed by atoms with Gasteiger partial charge in [0.05, 0.1) is 38.0 Å². The largest absolute Gasteiger partial charge is 0.304 e. The summed E-state index contributed by atoms with van der Waals surface area (Å²) in [6, 6.07) is 0.460. The number of rotatable bonds is 6. The highest BCUT2D eigenvalue weighted by Gasteiger charge is 2.26. The lowest BCUT2D eigenvalue weighted by atomic mass is 10.1. The summed E-state index contributed by atoms with van der Waals surface area (Å²) in [4.78, 5) is 5.87. The van der Waals surface area contributed by atoms with E-state index in [1.54, 1.807) is 11.3 Å². The topological polar surface area (TPSA) is 42.7 Å². The summed E-state index contributed by atoms with van der Waals surface area (Å²) < 4.78 is 3.14. The van der Waals surface area contributed by atoms with Crippen LogP contribution in [0.4, 0.5) is 0 Å². The van der Waals surface area contributed by atoms with Crippen molar-refractivity contribution >= 4 is 27.3 Å². The molecule has 0 fully saturated rings. The van der Waals surface area contributed by atoms with Gasteiger partial charge in [-0.25, -0.2) is 4.98 Å². The molecule has 0 saturated heterocycles. The maximum atomic E-state index is 4.59. The van der Waals surface area contributed by atoms with Gasteiger partial charge in [-0.3, -0.25) is 4.68 Å². The number of halogens is 1. The van der Waals surface area contributed by atoms with E-state index in [0.29, 0.717) is 6.04 Å². The molecule has 116 valence electrons. The second kappa shape index (κ2) is 7.03. The molecular weight excluding hydrogens is 348 g/mol. The molecule has 1 unspecified atom stereocenters. The van der Waals surface area contributed by atoms with E-state index >= 15 is 0 Å². The van der Waals surface area contributed by atoms with Gasteiger partial charge in [0.25, 0.3) is 0 Å². The van der Waals surface area contributed by atoms with Crippen LogP contribution in [0.2, 0.25) is 0 Å². The smallest absolute Gasteiger partial charge is 0.0900 e. The molecule has 21 heavy (non-hydrogen) atoms. The molecule has 2 aromatic heterocycles. The third-order valence-corrected chi connectivity index (χ3v) is 5.10. The molecule has 0 aliphatic carbocycles. The first-order valence-corrected chi connectivity index (χ1v) is 8.96. The van der Waals surface area contributed by atoms with Crippen LogP contribution in [-0.4, -0.2) is 21.3 Å². The van der Waals surface area contributed by atoms with Gasteiger partial charge in [-0.1, -0.05) is 6.92 Å². The summed E-state index contributed by atoms with van der Waals surface area (Å²) in [5.41, 5.74) is 2.29. The average Bonchev–Trinajstić information content (AvgIpc) is 2.94. The van der Waals surface area contributed by atoms with Crippen LogP contribution in [0.15, 0.2) is 10.7 Å². The first-order chi connectivity index (χ1) is 9.95. The normalized spacial score (nSPS) is 13.1. The molecular formula is C15H23BrN4S. The maximum Gasteiger partial charge on any atom is 0.0900 e. The van der Waals surface area contributed by atoms with Crippen LogP contribution in [-0.2, 0) is 0 Å². The molecule has 2 heterocycles. The van der Waals surface area contributed by atoms with Crippen LogP contribution < -0.4 is 5.32 Å². The summed E-state index contributed by atoms with van der Waals surface area (Å²) in [6.07, 6.45) is 2.99. The Morgan fingerprint density at radius 2 is 2.10 bits per heavy atom. The predicted molar refractivity (Wildman–Crippen MR) is 92.0 cm³/mol. The number of thiazole rings is 1. The van der Waals surface area contributed by atoms with Gasteiger partial charge in [0, 0.05) is 6.04 Å². The Hall–Kier alpha value is -0.720. The Morgan fingerprint density at radius 1 is 1.38 bits per heavy atom. The lowest BCUT2D eigenvalue weighted by Gasteiger charge is -2.22. The Morgan fingerprint density at radius 3 is 2.62 bits per heavy atom. The van der Waals surface area contributed by atoms with Crippen LogP contribution in [0, 0.1) is 13.8 Å². The average molecular weight is 371 g/mol. The standard InChI is InChI=1S/C15H23BrN4S/c1-6-7-17-13(15-10(4)19-11(5)21-15)14-12(16)8-18-20(14)9(2)3/h8-9,13,17H,6-7H2,1-5H3. The van der Waals surface area contributed by atoms with Gasteiger partial charge < -0.3 is 5.32 Å². The number of aryl methyl sites for hydroxylation is 2. The molecule has 2 aromatic rings. The molecule has 0 saturated carbocycles. The second-order valence-corrected chi connectivity index (χ2v) is 7.57. The van der Waals surface area contributed by atoms with Gasteiger partial charge in [-0.05, 0) is 56.6 Å². The number of nitrogens with zero attached hydrogens (tertiary/aromatic N) is 3. The van der Waals surface area contributed by atoms with E-state index in [1.165, 1.54) is 10.6 Å². The maximum absolute atomic E-state index is 4.59. The van der Waals surface area contributed by atoms with Crippen molar-refractivity contribution in [3.63, 3.8) is 0 Å². The van der Waals surface area contributed by atoms with Crippen LogP contribution in [0.25, 0.3) is 0 Å². The minimum atomic E-state index is 0.135. The van der Waals surface area contributed by atoms with Crippen LogP contribution >= 0.6 is 27.3 Å². The Kier molecular flexibility index (Phi) is 5.57. The lowest BCUT2D eigenvalue weighted by Crippen LogP contribution is -2.26. The molecule has 0 bridgehead atoms. The highest BCUT2D eigenvalue weighted by atomic mass is 79.9. The third-order valence-electron chi connectivity index (χ3n) is 3.35. The van der Waals surface area contributed by atoms with Gasteiger partial charge in [0.1, 0.15) is 0 Å². The Labute approximate surface area is 139 Å². The van der Waals surface area contributed by atoms with Crippen LogP contribution in [0.5, 0.6) is 0 Å². The first kappa shape index (κ1) is 16.6. The van der Waals surface area contributed by atoms with Crippen molar-refractivity contribution in [2.75, 3.05) is 6.54 Å². The molecule has 0 aliphatic heterocycles. The molecule has 0 amide bonds. The third kappa shape index (κ3) is 3.55. The van der Waals surface area contributed by atoms with E-state index in [-0.39, 0.29) is 6.04 Å². The molecule has 0 aliphatic rings. The van der Waals surface area contributed by atoms with E-state index < -0.39 is 0 Å². The van der Waals surface area contributed by atoms with E-state index in [1.807, 2.05) is 6.20 Å². The summed E-state index contributed by atoms with van der Waals surface area (Å²) in [7, 11) is 0. The van der Waals surface area contributed by atoms with Gasteiger partial charge in [0.2, 0.25) is 0 Å². The Bertz CT molecular complexity index is 603. The summed E-state index contributed by atoms with van der Waals surface area (Å²) in [5.74, 6) is 0. The van der Waals surface area contributed by atoms with Gasteiger partial charge in [-0.15, -0.1) is 11.3 Å². The van der Waals surface area contributed by atoms with Crippen molar-refractivity contribution in [1.29, 1.82) is 0 Å². The van der Waals surface area contributed by atoms with E-state index in [4.69, 9.17) is 0 Å². The van der Waals surface area contributed by atoms with Crippen molar-refractivity contribution < 1.29 is 0 Å². The monoisotopic (exact) mass is 370 g/mol. The van der Waals surface area contributed by atoms with Crippen molar-refractivity contribution in [2.24, 2.45) is 0 Å². The highest BCUT2D eigenvalue weighted by Crippen LogP contribution is 2.34. The van der Waals surface area contributed by atoms with E-state index in [9.17, 15) is 0 Å². The minimum absolute atomic E-state index is 0.135. The quantitative estimate of drug-likeness (QED) is 0.819. The fraction of sp³-hybridized carbons (Fsp3) is 0.600.